The largest absolute Gasteiger partial charge is 0.349 e. The maximum Gasteiger partial charge on any atom is 0.220 e. The molecular formula is C14H19N5O. The van der Waals surface area contributed by atoms with Crippen LogP contribution in [0.25, 0.3) is 5.65 Å². The number of hydrogen-bond donors (Lipinski definition) is 2. The van der Waals surface area contributed by atoms with Gasteiger partial charge in [0.05, 0.1) is 6.54 Å². The van der Waals surface area contributed by atoms with E-state index < -0.39 is 0 Å². The monoisotopic (exact) mass is 273 g/mol. The van der Waals surface area contributed by atoms with Crippen molar-refractivity contribution in [2.45, 2.75) is 32.2 Å². The average molecular weight is 273 g/mol. The molecule has 0 spiro atoms. The molecule has 0 aromatic carbocycles. The summed E-state index contributed by atoms with van der Waals surface area (Å²) in [5, 5.41) is 11.1. The SMILES string of the molecule is NCC1(CC(=O)NCc2nnc3ccccn23)CCC1. The molecule has 106 valence electrons. The van der Waals surface area contributed by atoms with Gasteiger partial charge in [0.2, 0.25) is 5.91 Å². The molecule has 2 aromatic heterocycles. The van der Waals surface area contributed by atoms with Gasteiger partial charge in [-0.3, -0.25) is 9.20 Å². The van der Waals surface area contributed by atoms with Crippen LogP contribution in [0.5, 0.6) is 0 Å². The van der Waals surface area contributed by atoms with Gasteiger partial charge in [-0.15, -0.1) is 10.2 Å². The van der Waals surface area contributed by atoms with Crippen LogP contribution in [-0.4, -0.2) is 27.0 Å². The Hall–Kier alpha value is -1.95. The van der Waals surface area contributed by atoms with Crippen molar-refractivity contribution in [1.29, 1.82) is 0 Å². The zero-order valence-electron chi connectivity index (χ0n) is 11.4. The highest BCUT2D eigenvalue weighted by Gasteiger charge is 2.37. The highest BCUT2D eigenvalue weighted by Crippen LogP contribution is 2.42. The third-order valence-corrected chi connectivity index (χ3v) is 4.21. The summed E-state index contributed by atoms with van der Waals surface area (Å²) in [4.78, 5) is 12.0. The topological polar surface area (TPSA) is 85.3 Å². The molecule has 2 heterocycles. The summed E-state index contributed by atoms with van der Waals surface area (Å²) in [5.41, 5.74) is 6.60. The lowest BCUT2D eigenvalue weighted by molar-refractivity contribution is -0.124. The lowest BCUT2D eigenvalue weighted by Gasteiger charge is -2.40. The molecular weight excluding hydrogens is 254 g/mol. The number of carbonyl (C=O) groups excluding carboxylic acids is 1. The maximum atomic E-state index is 12.0. The number of nitrogens with two attached hydrogens (primary N) is 1. The van der Waals surface area contributed by atoms with E-state index in [-0.39, 0.29) is 11.3 Å². The van der Waals surface area contributed by atoms with Crippen molar-refractivity contribution < 1.29 is 4.79 Å². The highest BCUT2D eigenvalue weighted by molar-refractivity contribution is 5.76. The summed E-state index contributed by atoms with van der Waals surface area (Å²) < 4.78 is 1.88. The van der Waals surface area contributed by atoms with Gasteiger partial charge in [-0.2, -0.15) is 0 Å². The number of carbonyl (C=O) groups is 1. The van der Waals surface area contributed by atoms with E-state index in [1.165, 1.54) is 6.42 Å². The van der Waals surface area contributed by atoms with Gasteiger partial charge >= 0.3 is 0 Å². The molecule has 20 heavy (non-hydrogen) atoms. The molecule has 0 atom stereocenters. The molecule has 3 rings (SSSR count). The predicted octanol–water partition coefficient (Wildman–Crippen LogP) is 0.865. The van der Waals surface area contributed by atoms with Crippen molar-refractivity contribution in [3.8, 4) is 0 Å². The Kier molecular flexibility index (Phi) is 3.40. The lowest BCUT2D eigenvalue weighted by atomic mass is 9.66. The number of rotatable bonds is 5. The Morgan fingerprint density at radius 1 is 1.40 bits per heavy atom. The number of nitrogens with zero attached hydrogens (tertiary/aromatic N) is 3. The van der Waals surface area contributed by atoms with Gasteiger partial charge < -0.3 is 11.1 Å². The molecule has 0 aliphatic heterocycles. The Morgan fingerprint density at radius 2 is 2.25 bits per heavy atom. The van der Waals surface area contributed by atoms with Crippen LogP contribution in [0, 0.1) is 5.41 Å². The fourth-order valence-corrected chi connectivity index (χ4v) is 2.72. The number of hydrogen-bond acceptors (Lipinski definition) is 4. The summed E-state index contributed by atoms with van der Waals surface area (Å²) in [5.74, 6) is 0.784. The number of pyridine rings is 1. The summed E-state index contributed by atoms with van der Waals surface area (Å²) in [6, 6.07) is 5.71. The van der Waals surface area contributed by atoms with E-state index in [4.69, 9.17) is 5.73 Å². The number of amides is 1. The predicted molar refractivity (Wildman–Crippen MR) is 74.8 cm³/mol. The van der Waals surface area contributed by atoms with Crippen LogP contribution in [0.15, 0.2) is 24.4 Å². The standard InChI is InChI=1S/C14H19N5O/c15-10-14(5-3-6-14)8-13(20)16-9-12-18-17-11-4-1-2-7-19(11)12/h1-2,4,7H,3,5-6,8-10,15H2,(H,16,20). The van der Waals surface area contributed by atoms with E-state index in [1.54, 1.807) is 0 Å². The molecule has 0 saturated heterocycles. The minimum Gasteiger partial charge on any atom is -0.349 e. The second kappa shape index (κ2) is 5.20. The first-order valence-electron chi connectivity index (χ1n) is 6.98. The van der Waals surface area contributed by atoms with Crippen molar-refractivity contribution in [2.75, 3.05) is 6.54 Å². The molecule has 1 saturated carbocycles. The fourth-order valence-electron chi connectivity index (χ4n) is 2.72. The molecule has 6 nitrogen and oxygen atoms in total. The first-order chi connectivity index (χ1) is 9.72. The van der Waals surface area contributed by atoms with E-state index in [2.05, 4.69) is 15.5 Å². The molecule has 2 aromatic rings. The average Bonchev–Trinajstić information content (AvgIpc) is 2.84. The third-order valence-electron chi connectivity index (χ3n) is 4.21. The first kappa shape index (κ1) is 13.1. The highest BCUT2D eigenvalue weighted by atomic mass is 16.1. The quantitative estimate of drug-likeness (QED) is 0.846. The molecule has 1 aliphatic carbocycles. The Balaban J connectivity index is 1.60. The third kappa shape index (κ3) is 2.38. The van der Waals surface area contributed by atoms with E-state index in [0.29, 0.717) is 19.5 Å². The molecule has 3 N–H and O–H groups in total. The lowest BCUT2D eigenvalue weighted by Crippen LogP contribution is -2.41. The van der Waals surface area contributed by atoms with Crippen molar-refractivity contribution >= 4 is 11.6 Å². The van der Waals surface area contributed by atoms with Crippen LogP contribution in [0.4, 0.5) is 0 Å². The van der Waals surface area contributed by atoms with E-state index in [0.717, 1.165) is 24.3 Å². The first-order valence-corrected chi connectivity index (χ1v) is 6.98. The van der Waals surface area contributed by atoms with Gasteiger partial charge in [0.15, 0.2) is 11.5 Å². The Bertz CT molecular complexity index is 611. The van der Waals surface area contributed by atoms with Gasteiger partial charge in [0, 0.05) is 12.6 Å². The Morgan fingerprint density at radius 3 is 2.95 bits per heavy atom. The van der Waals surface area contributed by atoms with Crippen molar-refractivity contribution in [1.82, 2.24) is 19.9 Å². The summed E-state index contributed by atoms with van der Waals surface area (Å²) >= 11 is 0. The summed E-state index contributed by atoms with van der Waals surface area (Å²) in [6.45, 7) is 0.985. The Labute approximate surface area is 117 Å². The van der Waals surface area contributed by atoms with E-state index in [1.807, 2.05) is 28.8 Å². The second-order valence-corrected chi connectivity index (χ2v) is 5.56. The molecule has 0 unspecified atom stereocenters. The van der Waals surface area contributed by atoms with E-state index >= 15 is 0 Å². The maximum absolute atomic E-state index is 12.0. The fraction of sp³-hybridized carbons (Fsp3) is 0.500. The minimum absolute atomic E-state index is 0.0387. The molecule has 0 radical (unpaired) electrons. The van der Waals surface area contributed by atoms with Crippen LogP contribution in [-0.2, 0) is 11.3 Å². The second-order valence-electron chi connectivity index (χ2n) is 5.56. The number of nitrogens with one attached hydrogen (secondary N) is 1. The van der Waals surface area contributed by atoms with Crippen molar-refractivity contribution in [3.05, 3.63) is 30.2 Å². The van der Waals surface area contributed by atoms with Crippen LogP contribution in [0.2, 0.25) is 0 Å². The molecule has 1 aliphatic rings. The zero-order chi connectivity index (χ0) is 14.0. The summed E-state index contributed by atoms with van der Waals surface area (Å²) in [6.07, 6.45) is 5.71. The normalized spacial score (nSPS) is 16.9. The number of fused-ring (bicyclic) bond motifs is 1. The van der Waals surface area contributed by atoms with Crippen molar-refractivity contribution in [3.63, 3.8) is 0 Å². The van der Waals surface area contributed by atoms with E-state index in [9.17, 15) is 4.79 Å². The van der Waals surface area contributed by atoms with Gasteiger partial charge in [0.1, 0.15) is 0 Å². The summed E-state index contributed by atoms with van der Waals surface area (Å²) in [7, 11) is 0. The molecule has 0 bridgehead atoms. The van der Waals surface area contributed by atoms with Gasteiger partial charge in [-0.25, -0.2) is 0 Å². The van der Waals surface area contributed by atoms with Gasteiger partial charge in [-0.1, -0.05) is 12.5 Å². The van der Waals surface area contributed by atoms with Gasteiger partial charge in [-0.05, 0) is 36.9 Å². The van der Waals surface area contributed by atoms with Crippen molar-refractivity contribution in [2.24, 2.45) is 11.1 Å². The molecule has 6 heteroatoms. The van der Waals surface area contributed by atoms with Crippen LogP contribution in [0.3, 0.4) is 0 Å². The van der Waals surface area contributed by atoms with Crippen LogP contribution < -0.4 is 11.1 Å². The smallest absolute Gasteiger partial charge is 0.220 e. The molecule has 1 fully saturated rings. The van der Waals surface area contributed by atoms with Crippen LogP contribution in [0.1, 0.15) is 31.5 Å². The van der Waals surface area contributed by atoms with Crippen LogP contribution >= 0.6 is 0 Å². The van der Waals surface area contributed by atoms with Gasteiger partial charge in [0.25, 0.3) is 0 Å². The molecule has 1 amide bonds. The number of aromatic nitrogens is 3. The zero-order valence-corrected chi connectivity index (χ0v) is 11.4. The minimum atomic E-state index is 0.0387.